The number of likely N-dealkylation sites (tertiary alicyclic amines) is 1. The third kappa shape index (κ3) is 4.52. The fraction of sp³-hybridized carbons (Fsp3) is 0.833. The number of esters is 1. The summed E-state index contributed by atoms with van der Waals surface area (Å²) in [6.07, 6.45) is -1.14. The molecule has 1 saturated heterocycles. The Hall–Kier alpha value is -1.30. The van der Waals surface area contributed by atoms with Crippen LogP contribution in [0.5, 0.6) is 0 Å². The van der Waals surface area contributed by atoms with Crippen LogP contribution in [0.15, 0.2) is 0 Å². The van der Waals surface area contributed by atoms with Crippen molar-refractivity contribution in [2.24, 2.45) is 5.92 Å². The molecule has 1 fully saturated rings. The number of nitrogens with zero attached hydrogens (tertiary/aromatic N) is 1. The van der Waals surface area contributed by atoms with Crippen LogP contribution >= 0.6 is 0 Å². The van der Waals surface area contributed by atoms with Gasteiger partial charge in [-0.3, -0.25) is 4.79 Å². The van der Waals surface area contributed by atoms with Crippen LogP contribution in [0.2, 0.25) is 0 Å². The van der Waals surface area contributed by atoms with Gasteiger partial charge in [0.25, 0.3) is 0 Å². The highest BCUT2D eigenvalue weighted by molar-refractivity contribution is 5.68. The predicted octanol–water partition coefficient (Wildman–Crippen LogP) is 0.777. The summed E-state index contributed by atoms with van der Waals surface area (Å²) in [5.41, 5.74) is -0.560. The summed E-state index contributed by atoms with van der Waals surface area (Å²) >= 11 is 0. The molecule has 18 heavy (non-hydrogen) atoms. The molecule has 0 saturated carbocycles. The fourth-order valence-electron chi connectivity index (χ4n) is 1.72. The van der Waals surface area contributed by atoms with E-state index in [1.54, 1.807) is 20.8 Å². The molecule has 0 radical (unpaired) electrons. The first-order valence-corrected chi connectivity index (χ1v) is 5.98. The van der Waals surface area contributed by atoms with Crippen LogP contribution in [-0.2, 0) is 14.3 Å². The second kappa shape index (κ2) is 5.56. The van der Waals surface area contributed by atoms with Crippen LogP contribution in [0.3, 0.4) is 0 Å². The highest BCUT2D eigenvalue weighted by Gasteiger charge is 2.36. The molecule has 1 heterocycles. The quantitative estimate of drug-likeness (QED) is 0.741. The largest absolute Gasteiger partial charge is 0.465 e. The Morgan fingerprint density at radius 2 is 1.94 bits per heavy atom. The Morgan fingerprint density at radius 1 is 1.33 bits per heavy atom. The molecule has 2 atom stereocenters. The molecule has 1 amide bonds. The normalized spacial score (nSPS) is 23.9. The highest BCUT2D eigenvalue weighted by Crippen LogP contribution is 2.20. The molecule has 1 N–H and O–H groups in total. The number of carbonyl (C=O) groups is 2. The van der Waals surface area contributed by atoms with Gasteiger partial charge in [0.1, 0.15) is 5.60 Å². The lowest BCUT2D eigenvalue weighted by Gasteiger charge is -2.24. The Morgan fingerprint density at radius 3 is 2.44 bits per heavy atom. The van der Waals surface area contributed by atoms with Gasteiger partial charge in [-0.1, -0.05) is 0 Å². The minimum Gasteiger partial charge on any atom is -0.465 e. The Labute approximate surface area is 107 Å². The molecule has 0 aromatic heterocycles. The molecule has 0 aromatic rings. The molecule has 0 spiro atoms. The van der Waals surface area contributed by atoms with Gasteiger partial charge >= 0.3 is 12.1 Å². The van der Waals surface area contributed by atoms with E-state index in [4.69, 9.17) is 9.47 Å². The van der Waals surface area contributed by atoms with Crippen LogP contribution in [0.25, 0.3) is 0 Å². The number of β-amino-alcohol motifs (C(OH)–C–C–N with tert-alkyl or cyclic N) is 1. The van der Waals surface area contributed by atoms with Crippen molar-refractivity contribution in [3.8, 4) is 0 Å². The van der Waals surface area contributed by atoms with E-state index in [2.05, 4.69) is 0 Å². The van der Waals surface area contributed by atoms with Crippen molar-refractivity contribution in [1.29, 1.82) is 0 Å². The fourth-order valence-corrected chi connectivity index (χ4v) is 1.72. The molecule has 0 aliphatic carbocycles. The van der Waals surface area contributed by atoms with Crippen molar-refractivity contribution in [1.82, 2.24) is 4.90 Å². The van der Waals surface area contributed by atoms with Gasteiger partial charge < -0.3 is 19.5 Å². The summed E-state index contributed by atoms with van der Waals surface area (Å²) in [5.74, 6) is -0.640. The van der Waals surface area contributed by atoms with Crippen LogP contribution in [0.1, 0.15) is 27.7 Å². The van der Waals surface area contributed by atoms with Crippen molar-refractivity contribution in [2.75, 3.05) is 19.7 Å². The third-order valence-corrected chi connectivity index (χ3v) is 2.56. The summed E-state index contributed by atoms with van der Waals surface area (Å²) < 4.78 is 10.1. The molecule has 104 valence electrons. The SMILES string of the molecule is CC(=O)OCC1CN(C(=O)OC(C)(C)C)CC1O. The molecule has 1 rings (SSSR count). The van der Waals surface area contributed by atoms with Crippen molar-refractivity contribution in [2.45, 2.75) is 39.4 Å². The van der Waals surface area contributed by atoms with Gasteiger partial charge in [-0.15, -0.1) is 0 Å². The van der Waals surface area contributed by atoms with Crippen LogP contribution < -0.4 is 0 Å². The maximum atomic E-state index is 11.8. The molecule has 6 nitrogen and oxygen atoms in total. The standard InChI is InChI=1S/C12H21NO5/c1-8(14)17-7-9-5-13(6-10(9)15)11(16)18-12(2,3)4/h9-10,15H,5-7H2,1-4H3. The molecule has 0 bridgehead atoms. The van der Waals surface area contributed by atoms with Crippen molar-refractivity contribution >= 4 is 12.1 Å². The summed E-state index contributed by atoms with van der Waals surface area (Å²) in [6.45, 7) is 7.34. The first-order valence-electron chi connectivity index (χ1n) is 5.98. The number of aliphatic hydroxyl groups is 1. The van der Waals surface area contributed by atoms with Gasteiger partial charge in [0, 0.05) is 19.4 Å². The molecular weight excluding hydrogens is 238 g/mol. The second-order valence-electron chi connectivity index (χ2n) is 5.52. The Balaban J connectivity index is 2.47. The molecular formula is C12H21NO5. The lowest BCUT2D eigenvalue weighted by atomic mass is 10.1. The van der Waals surface area contributed by atoms with Crippen LogP contribution in [0.4, 0.5) is 4.79 Å². The van der Waals surface area contributed by atoms with Gasteiger partial charge in [0.05, 0.1) is 19.3 Å². The van der Waals surface area contributed by atoms with Crippen LogP contribution in [0, 0.1) is 5.92 Å². The summed E-state index contributed by atoms with van der Waals surface area (Å²) in [7, 11) is 0. The van der Waals surface area contributed by atoms with Gasteiger partial charge in [0.2, 0.25) is 0 Å². The first kappa shape index (κ1) is 14.8. The van der Waals surface area contributed by atoms with Gasteiger partial charge in [0.15, 0.2) is 0 Å². The number of carbonyl (C=O) groups excluding carboxylic acids is 2. The molecule has 1 aliphatic heterocycles. The smallest absolute Gasteiger partial charge is 0.410 e. The van der Waals surface area contributed by atoms with Crippen molar-refractivity contribution in [3.05, 3.63) is 0 Å². The number of aliphatic hydroxyl groups excluding tert-OH is 1. The van der Waals surface area contributed by atoms with Gasteiger partial charge in [-0.2, -0.15) is 0 Å². The van der Waals surface area contributed by atoms with Gasteiger partial charge in [-0.25, -0.2) is 4.79 Å². The zero-order chi connectivity index (χ0) is 13.9. The Kier molecular flexibility index (Phi) is 4.56. The number of rotatable bonds is 2. The zero-order valence-electron chi connectivity index (χ0n) is 11.3. The Bertz CT molecular complexity index is 323. The third-order valence-electron chi connectivity index (χ3n) is 2.56. The molecule has 6 heteroatoms. The van der Waals surface area contributed by atoms with Gasteiger partial charge in [-0.05, 0) is 20.8 Å². The number of hydrogen-bond acceptors (Lipinski definition) is 5. The zero-order valence-corrected chi connectivity index (χ0v) is 11.3. The topological polar surface area (TPSA) is 76.1 Å². The minimum absolute atomic E-state index is 0.121. The van der Waals surface area contributed by atoms with E-state index in [9.17, 15) is 14.7 Å². The maximum absolute atomic E-state index is 11.8. The van der Waals surface area contributed by atoms with E-state index >= 15 is 0 Å². The van der Waals surface area contributed by atoms with E-state index in [1.165, 1.54) is 11.8 Å². The van der Waals surface area contributed by atoms with Crippen molar-refractivity contribution < 1.29 is 24.2 Å². The first-order chi connectivity index (χ1) is 8.19. The van der Waals surface area contributed by atoms with Crippen molar-refractivity contribution in [3.63, 3.8) is 0 Å². The highest BCUT2D eigenvalue weighted by atomic mass is 16.6. The average molecular weight is 259 g/mol. The van der Waals surface area contributed by atoms with E-state index in [1.807, 2.05) is 0 Å². The molecule has 0 aromatic carbocycles. The van der Waals surface area contributed by atoms with E-state index < -0.39 is 23.8 Å². The summed E-state index contributed by atoms with van der Waals surface area (Å²) in [6, 6.07) is 0. The van der Waals surface area contributed by atoms with Crippen LogP contribution in [-0.4, -0.2) is 53.5 Å². The lowest BCUT2D eigenvalue weighted by Crippen LogP contribution is -2.36. The predicted molar refractivity (Wildman–Crippen MR) is 63.9 cm³/mol. The van der Waals surface area contributed by atoms with E-state index in [0.29, 0.717) is 6.54 Å². The average Bonchev–Trinajstić information content (AvgIpc) is 2.54. The molecule has 2 unspecified atom stereocenters. The molecule has 1 aliphatic rings. The lowest BCUT2D eigenvalue weighted by molar-refractivity contribution is -0.142. The number of hydrogen-bond donors (Lipinski definition) is 1. The summed E-state index contributed by atoms with van der Waals surface area (Å²) in [4.78, 5) is 23.9. The number of amides is 1. The van der Waals surface area contributed by atoms with E-state index in [-0.39, 0.29) is 19.1 Å². The van der Waals surface area contributed by atoms with E-state index in [0.717, 1.165) is 0 Å². The number of ether oxygens (including phenoxy) is 2. The maximum Gasteiger partial charge on any atom is 0.410 e. The second-order valence-corrected chi connectivity index (χ2v) is 5.52. The monoisotopic (exact) mass is 259 g/mol. The minimum atomic E-state index is -0.683. The summed E-state index contributed by atoms with van der Waals surface area (Å²) in [5, 5.41) is 9.78.